The highest BCUT2D eigenvalue weighted by molar-refractivity contribution is 9.10. The van der Waals surface area contributed by atoms with E-state index < -0.39 is 12.1 Å². The number of nitrogens with zero attached hydrogens (tertiary/aromatic N) is 6. The van der Waals surface area contributed by atoms with Crippen molar-refractivity contribution in [2.75, 3.05) is 26.2 Å². The summed E-state index contributed by atoms with van der Waals surface area (Å²) in [6.07, 6.45) is 12.0. The summed E-state index contributed by atoms with van der Waals surface area (Å²) >= 11 is 9.90. The number of rotatable bonds is 8. The molecule has 3 aromatic heterocycles. The van der Waals surface area contributed by atoms with Crippen molar-refractivity contribution < 1.29 is 24.3 Å². The molecule has 2 atom stereocenters. The van der Waals surface area contributed by atoms with Gasteiger partial charge in [0, 0.05) is 72.6 Å². The van der Waals surface area contributed by atoms with Crippen LogP contribution in [0, 0.1) is 5.21 Å². The third-order valence-electron chi connectivity index (χ3n) is 8.53. The number of hydrogen-bond donors (Lipinski definition) is 2. The van der Waals surface area contributed by atoms with Crippen molar-refractivity contribution in [1.82, 2.24) is 24.7 Å². The summed E-state index contributed by atoms with van der Waals surface area (Å²) < 4.78 is 4.50. The summed E-state index contributed by atoms with van der Waals surface area (Å²) in [6.45, 7) is 2.16. The number of amides is 2. The number of hydrogen-bond acceptors (Lipinski definition) is 6. The largest absolute Gasteiger partial charge is 0.618 e. The second-order valence-corrected chi connectivity index (χ2v) is 12.8. The van der Waals surface area contributed by atoms with Gasteiger partial charge in [-0.15, -0.1) is 0 Å². The monoisotopic (exact) mass is 694 g/mol. The number of piperazine rings is 1. The van der Waals surface area contributed by atoms with Gasteiger partial charge in [0.05, 0.1) is 17.2 Å². The summed E-state index contributed by atoms with van der Waals surface area (Å²) in [6, 6.07) is 9.92. The first-order chi connectivity index (χ1) is 21.8. The number of benzene rings is 1. The molecule has 2 amide bonds. The molecule has 2 N–H and O–H groups in total. The normalized spacial score (nSPS) is 18.1. The zero-order chi connectivity index (χ0) is 31.5. The van der Waals surface area contributed by atoms with E-state index in [1.165, 1.54) is 18.6 Å². The first-order valence-electron chi connectivity index (χ1n) is 14.9. The SMILES string of the molecule is O=C(NCCCn1ccnc1)C1CN(C2c3ccc(Cl)cc3CCc3cc(Br)c[n+]([O-])c32)CCN1C(=O)Cc1cc[n+](O)cc1. The van der Waals surface area contributed by atoms with Crippen molar-refractivity contribution >= 4 is 39.3 Å². The van der Waals surface area contributed by atoms with Gasteiger partial charge in [0.25, 0.3) is 0 Å². The number of nitrogens with one attached hydrogen (secondary N) is 1. The third-order valence-corrected chi connectivity index (χ3v) is 9.20. The van der Waals surface area contributed by atoms with Gasteiger partial charge in [-0.25, -0.2) is 4.98 Å². The standard InChI is InChI=1S/C32H33BrClN7O4/c33-25-17-24-3-2-23-18-26(34)4-5-27(23)31(30(24)41(45)19-25)38-14-15-40(29(42)16-22-6-11-39(44)12-7-22)28(20-38)32(43)36-8-1-10-37-13-9-35-21-37/h4-7,9,11-13,17-19,21,28,31H,1-3,8,10,14-16,20H2,(H-,36,43,44)/p+1. The van der Waals surface area contributed by atoms with Gasteiger partial charge < -0.3 is 20.0 Å². The zero-order valence-corrected chi connectivity index (χ0v) is 26.9. The molecule has 1 fully saturated rings. The van der Waals surface area contributed by atoms with E-state index in [1.807, 2.05) is 35.0 Å². The van der Waals surface area contributed by atoms with Crippen LogP contribution in [0.2, 0.25) is 5.02 Å². The number of aryl methyl sites for hydroxylation is 3. The molecule has 1 saturated heterocycles. The highest BCUT2D eigenvalue weighted by atomic mass is 79.9. The first-order valence-corrected chi connectivity index (χ1v) is 16.1. The highest BCUT2D eigenvalue weighted by Gasteiger charge is 2.42. The predicted molar refractivity (Wildman–Crippen MR) is 168 cm³/mol. The Morgan fingerprint density at radius 1 is 1.13 bits per heavy atom. The Bertz CT molecular complexity index is 1690. The molecule has 45 heavy (non-hydrogen) atoms. The molecule has 0 bridgehead atoms. The van der Waals surface area contributed by atoms with Gasteiger partial charge in [-0.1, -0.05) is 17.7 Å². The molecule has 4 aromatic rings. The Kier molecular flexibility index (Phi) is 9.34. The van der Waals surface area contributed by atoms with E-state index in [-0.39, 0.29) is 24.8 Å². The second-order valence-electron chi connectivity index (χ2n) is 11.4. The Balaban J connectivity index is 1.29. The fourth-order valence-corrected chi connectivity index (χ4v) is 7.01. The van der Waals surface area contributed by atoms with Crippen molar-refractivity contribution in [3.05, 3.63) is 116 Å². The number of carbonyl (C=O) groups excluding carboxylic acids is 2. The number of pyridine rings is 2. The molecule has 6 rings (SSSR count). The Morgan fingerprint density at radius 3 is 2.71 bits per heavy atom. The van der Waals surface area contributed by atoms with Gasteiger partial charge in [0.2, 0.25) is 29.9 Å². The Morgan fingerprint density at radius 2 is 1.93 bits per heavy atom. The van der Waals surface area contributed by atoms with Crippen LogP contribution >= 0.6 is 27.5 Å². The quantitative estimate of drug-likeness (QED) is 0.127. The molecule has 0 saturated carbocycles. The van der Waals surface area contributed by atoms with Crippen LogP contribution in [0.4, 0.5) is 0 Å². The van der Waals surface area contributed by atoms with Gasteiger partial charge >= 0.3 is 0 Å². The molecule has 11 nitrogen and oxygen atoms in total. The van der Waals surface area contributed by atoms with Crippen molar-refractivity contribution in [3.8, 4) is 0 Å². The van der Waals surface area contributed by atoms with Crippen LogP contribution in [0.1, 0.15) is 40.4 Å². The second kappa shape index (κ2) is 13.6. The van der Waals surface area contributed by atoms with Gasteiger partial charge in [-0.2, -0.15) is 4.73 Å². The highest BCUT2D eigenvalue weighted by Crippen LogP contribution is 2.38. The summed E-state index contributed by atoms with van der Waals surface area (Å²) in [5, 5.41) is 26.8. The predicted octanol–water partition coefficient (Wildman–Crippen LogP) is 2.61. The fraction of sp³-hybridized carbons (Fsp3) is 0.344. The minimum Gasteiger partial charge on any atom is -0.618 e. The Hall–Kier alpha value is -4.00. The maximum Gasteiger partial charge on any atom is 0.244 e. The molecular weight excluding hydrogens is 662 g/mol. The lowest BCUT2D eigenvalue weighted by Crippen LogP contribution is -2.62. The summed E-state index contributed by atoms with van der Waals surface area (Å²) in [7, 11) is 0. The van der Waals surface area contributed by atoms with E-state index in [0.29, 0.717) is 54.2 Å². The number of carbonyl (C=O) groups is 2. The molecule has 0 spiro atoms. The minimum absolute atomic E-state index is 0.0907. The van der Waals surface area contributed by atoms with E-state index in [1.54, 1.807) is 29.6 Å². The molecule has 4 heterocycles. The van der Waals surface area contributed by atoms with Gasteiger partial charge in [0.1, 0.15) is 12.1 Å². The van der Waals surface area contributed by atoms with Gasteiger partial charge in [-0.05, 0) is 70.1 Å². The number of imidazole rings is 1. The minimum atomic E-state index is -0.774. The average Bonchev–Trinajstić information content (AvgIpc) is 3.49. The first kappa shape index (κ1) is 31.0. The average molecular weight is 696 g/mol. The molecule has 1 aliphatic heterocycles. The van der Waals surface area contributed by atoms with E-state index in [0.717, 1.165) is 38.1 Å². The van der Waals surface area contributed by atoms with Crippen LogP contribution in [0.25, 0.3) is 0 Å². The van der Waals surface area contributed by atoms with E-state index in [4.69, 9.17) is 11.6 Å². The number of halogens is 2. The van der Waals surface area contributed by atoms with Gasteiger partial charge in [-0.3, -0.25) is 19.7 Å². The van der Waals surface area contributed by atoms with E-state index >= 15 is 0 Å². The zero-order valence-electron chi connectivity index (χ0n) is 24.6. The number of fused-ring (bicyclic) bond motifs is 2. The van der Waals surface area contributed by atoms with E-state index in [2.05, 4.69) is 31.1 Å². The summed E-state index contributed by atoms with van der Waals surface area (Å²) in [5.41, 5.74) is 4.32. The molecule has 13 heteroatoms. The summed E-state index contributed by atoms with van der Waals surface area (Å²) in [5.74, 6) is -0.420. The molecule has 1 aliphatic carbocycles. The van der Waals surface area contributed by atoms with Crippen LogP contribution < -0.4 is 14.8 Å². The van der Waals surface area contributed by atoms with Crippen LogP contribution in [0.5, 0.6) is 0 Å². The molecule has 2 unspecified atom stereocenters. The lowest BCUT2D eigenvalue weighted by Gasteiger charge is -2.43. The van der Waals surface area contributed by atoms with Crippen molar-refractivity contribution in [2.45, 2.75) is 44.3 Å². The lowest BCUT2D eigenvalue weighted by molar-refractivity contribution is -0.904. The number of aromatic nitrogens is 4. The van der Waals surface area contributed by atoms with E-state index in [9.17, 15) is 20.0 Å². The molecule has 234 valence electrons. The third kappa shape index (κ3) is 6.98. The van der Waals surface area contributed by atoms with Crippen molar-refractivity contribution in [3.63, 3.8) is 0 Å². The van der Waals surface area contributed by atoms with Crippen LogP contribution in [0.15, 0.2) is 78.2 Å². The smallest absolute Gasteiger partial charge is 0.244 e. The molecule has 2 aliphatic rings. The molecule has 0 radical (unpaired) electrons. The van der Waals surface area contributed by atoms with Crippen LogP contribution in [0.3, 0.4) is 0 Å². The van der Waals surface area contributed by atoms with Crippen molar-refractivity contribution in [1.29, 1.82) is 0 Å². The molecular formula is C32H34BrClN7O4+. The fourth-order valence-electron chi connectivity index (χ4n) is 6.36. The van der Waals surface area contributed by atoms with Crippen LogP contribution in [-0.2, 0) is 35.4 Å². The van der Waals surface area contributed by atoms with Crippen LogP contribution in [-0.4, -0.2) is 68.6 Å². The van der Waals surface area contributed by atoms with Gasteiger partial charge in [0.15, 0.2) is 6.20 Å². The lowest BCUT2D eigenvalue weighted by atomic mass is 9.95. The Labute approximate surface area is 274 Å². The topological polar surface area (TPSA) is 122 Å². The maximum atomic E-state index is 13.8. The molecule has 1 aromatic carbocycles. The maximum absolute atomic E-state index is 13.8. The summed E-state index contributed by atoms with van der Waals surface area (Å²) in [4.78, 5) is 35.4. The van der Waals surface area contributed by atoms with Crippen molar-refractivity contribution in [2.24, 2.45) is 0 Å².